The molecule has 2 aromatic heterocycles. The molecule has 0 bridgehead atoms. The van der Waals surface area contributed by atoms with E-state index in [-0.39, 0.29) is 17.9 Å². The summed E-state index contributed by atoms with van der Waals surface area (Å²) in [7, 11) is 0. The standard InChI is InChI=1S/C15H8ClN5O/c16-11-3-1-10(2-4-11)13-5-12(22-20-13)8-21-9-19-14(6-17)15(21)7-18/h1-5,9H,8H2. The van der Waals surface area contributed by atoms with Gasteiger partial charge < -0.3 is 9.09 Å². The first kappa shape index (κ1) is 13.9. The summed E-state index contributed by atoms with van der Waals surface area (Å²) >= 11 is 5.85. The number of hydrogen-bond acceptors (Lipinski definition) is 5. The Morgan fingerprint density at radius 2 is 1.95 bits per heavy atom. The molecule has 0 spiro atoms. The van der Waals surface area contributed by atoms with Crippen molar-refractivity contribution >= 4 is 11.6 Å². The highest BCUT2D eigenvalue weighted by molar-refractivity contribution is 6.30. The number of rotatable bonds is 3. The number of hydrogen-bond donors (Lipinski definition) is 0. The van der Waals surface area contributed by atoms with Crippen molar-refractivity contribution in [1.82, 2.24) is 14.7 Å². The predicted molar refractivity (Wildman–Crippen MR) is 77.7 cm³/mol. The summed E-state index contributed by atoms with van der Waals surface area (Å²) in [6.07, 6.45) is 1.43. The molecule has 0 fully saturated rings. The zero-order chi connectivity index (χ0) is 15.5. The Hall–Kier alpha value is -3.09. The molecule has 1 aromatic carbocycles. The summed E-state index contributed by atoms with van der Waals surface area (Å²) in [5, 5.41) is 22.6. The van der Waals surface area contributed by atoms with Crippen LogP contribution in [0.5, 0.6) is 0 Å². The third kappa shape index (κ3) is 2.56. The number of nitrogens with zero attached hydrogens (tertiary/aromatic N) is 5. The molecule has 3 aromatic rings. The second-order valence-electron chi connectivity index (χ2n) is 4.48. The number of aromatic nitrogens is 3. The molecule has 0 atom stereocenters. The lowest BCUT2D eigenvalue weighted by molar-refractivity contribution is 0.378. The van der Waals surface area contributed by atoms with Gasteiger partial charge in [-0.2, -0.15) is 10.5 Å². The van der Waals surface area contributed by atoms with Crippen LogP contribution in [0.15, 0.2) is 41.2 Å². The van der Waals surface area contributed by atoms with Crippen molar-refractivity contribution in [3.63, 3.8) is 0 Å². The topological polar surface area (TPSA) is 91.4 Å². The van der Waals surface area contributed by atoms with Crippen LogP contribution >= 0.6 is 11.6 Å². The van der Waals surface area contributed by atoms with Crippen molar-refractivity contribution in [3.05, 3.63) is 58.8 Å². The molecule has 6 nitrogen and oxygen atoms in total. The Balaban J connectivity index is 1.86. The maximum Gasteiger partial charge on any atom is 0.176 e. The monoisotopic (exact) mass is 309 g/mol. The second kappa shape index (κ2) is 5.72. The minimum Gasteiger partial charge on any atom is -0.359 e. The summed E-state index contributed by atoms with van der Waals surface area (Å²) in [6, 6.07) is 12.8. The van der Waals surface area contributed by atoms with Crippen molar-refractivity contribution in [1.29, 1.82) is 10.5 Å². The first-order chi connectivity index (χ1) is 10.7. The van der Waals surface area contributed by atoms with Gasteiger partial charge in [-0.1, -0.05) is 28.9 Å². The van der Waals surface area contributed by atoms with Gasteiger partial charge in [-0.05, 0) is 12.1 Å². The Bertz CT molecular complexity index is 895. The lowest BCUT2D eigenvalue weighted by atomic mass is 10.1. The fraction of sp³-hybridized carbons (Fsp3) is 0.0667. The summed E-state index contributed by atoms with van der Waals surface area (Å²) in [5.74, 6) is 0.559. The highest BCUT2D eigenvalue weighted by Gasteiger charge is 2.13. The highest BCUT2D eigenvalue weighted by atomic mass is 35.5. The molecule has 0 aliphatic carbocycles. The molecule has 106 valence electrons. The third-order valence-corrected chi connectivity index (χ3v) is 3.33. The Labute approximate surface area is 130 Å². The highest BCUT2D eigenvalue weighted by Crippen LogP contribution is 2.22. The smallest absolute Gasteiger partial charge is 0.176 e. The van der Waals surface area contributed by atoms with E-state index in [1.165, 1.54) is 6.33 Å². The van der Waals surface area contributed by atoms with Gasteiger partial charge in [-0.25, -0.2) is 4.98 Å². The molecule has 0 saturated carbocycles. The summed E-state index contributed by atoms with van der Waals surface area (Å²) < 4.78 is 6.82. The molecule has 22 heavy (non-hydrogen) atoms. The Morgan fingerprint density at radius 3 is 2.64 bits per heavy atom. The molecule has 0 aliphatic rings. The van der Waals surface area contributed by atoms with E-state index in [4.69, 9.17) is 26.6 Å². The molecule has 3 rings (SSSR count). The first-order valence-corrected chi connectivity index (χ1v) is 6.66. The SMILES string of the molecule is N#Cc1ncn(Cc2cc(-c3ccc(Cl)cc3)no2)c1C#N. The van der Waals surface area contributed by atoms with Crippen molar-refractivity contribution in [3.8, 4) is 23.4 Å². The van der Waals surface area contributed by atoms with Gasteiger partial charge in [0.05, 0.1) is 12.9 Å². The predicted octanol–water partition coefficient (Wildman–Crippen LogP) is 2.98. The largest absolute Gasteiger partial charge is 0.359 e. The Kier molecular flexibility index (Phi) is 3.61. The molecule has 2 heterocycles. The molecular weight excluding hydrogens is 302 g/mol. The van der Waals surface area contributed by atoms with Crippen LogP contribution in [-0.2, 0) is 6.54 Å². The minimum absolute atomic E-state index is 0.0972. The molecule has 0 radical (unpaired) electrons. The molecule has 0 amide bonds. The van der Waals surface area contributed by atoms with E-state index < -0.39 is 0 Å². The van der Waals surface area contributed by atoms with Gasteiger partial charge in [0, 0.05) is 16.7 Å². The van der Waals surface area contributed by atoms with E-state index >= 15 is 0 Å². The average Bonchev–Trinajstić information content (AvgIpc) is 3.15. The van der Waals surface area contributed by atoms with E-state index in [2.05, 4.69) is 10.1 Å². The number of imidazole rings is 1. The van der Waals surface area contributed by atoms with Gasteiger partial charge in [0.1, 0.15) is 17.8 Å². The van der Waals surface area contributed by atoms with Crippen LogP contribution in [0.1, 0.15) is 17.1 Å². The van der Waals surface area contributed by atoms with Crippen molar-refractivity contribution in [2.24, 2.45) is 0 Å². The maximum absolute atomic E-state index is 9.09. The van der Waals surface area contributed by atoms with Gasteiger partial charge >= 0.3 is 0 Å². The number of benzene rings is 1. The van der Waals surface area contributed by atoms with Gasteiger partial charge in [-0.3, -0.25) is 0 Å². The van der Waals surface area contributed by atoms with Crippen LogP contribution < -0.4 is 0 Å². The zero-order valence-electron chi connectivity index (χ0n) is 11.2. The molecule has 0 N–H and O–H groups in total. The van der Waals surface area contributed by atoms with Gasteiger partial charge in [0.25, 0.3) is 0 Å². The van der Waals surface area contributed by atoms with Gasteiger partial charge in [0.2, 0.25) is 0 Å². The van der Waals surface area contributed by atoms with Crippen molar-refractivity contribution < 1.29 is 4.52 Å². The quantitative estimate of drug-likeness (QED) is 0.741. The number of halogens is 1. The lowest BCUT2D eigenvalue weighted by Gasteiger charge is -1.98. The van der Waals surface area contributed by atoms with E-state index in [9.17, 15) is 0 Å². The molecule has 7 heteroatoms. The summed E-state index contributed by atoms with van der Waals surface area (Å²) in [4.78, 5) is 3.88. The van der Waals surface area contributed by atoms with E-state index in [1.54, 1.807) is 22.8 Å². The molecule has 0 unspecified atom stereocenters. The van der Waals surface area contributed by atoms with Crippen LogP contribution in [0.4, 0.5) is 0 Å². The normalized spacial score (nSPS) is 10.1. The summed E-state index contributed by atoms with van der Waals surface area (Å²) in [5.41, 5.74) is 1.85. The first-order valence-electron chi connectivity index (χ1n) is 6.28. The third-order valence-electron chi connectivity index (χ3n) is 3.07. The average molecular weight is 310 g/mol. The van der Waals surface area contributed by atoms with Crippen LogP contribution in [0.2, 0.25) is 5.02 Å². The van der Waals surface area contributed by atoms with E-state index in [0.29, 0.717) is 16.5 Å². The van der Waals surface area contributed by atoms with Crippen molar-refractivity contribution in [2.75, 3.05) is 0 Å². The fourth-order valence-electron chi connectivity index (χ4n) is 2.01. The van der Waals surface area contributed by atoms with Crippen LogP contribution in [-0.4, -0.2) is 14.7 Å². The maximum atomic E-state index is 9.09. The van der Waals surface area contributed by atoms with E-state index in [0.717, 1.165) is 5.56 Å². The number of nitriles is 2. The molecule has 0 aliphatic heterocycles. The zero-order valence-corrected chi connectivity index (χ0v) is 11.9. The van der Waals surface area contributed by atoms with Gasteiger partial charge in [-0.15, -0.1) is 0 Å². The second-order valence-corrected chi connectivity index (χ2v) is 4.92. The van der Waals surface area contributed by atoms with Crippen LogP contribution in [0.3, 0.4) is 0 Å². The van der Waals surface area contributed by atoms with E-state index in [1.807, 2.05) is 24.3 Å². The van der Waals surface area contributed by atoms with Crippen LogP contribution in [0.25, 0.3) is 11.3 Å². The molecular formula is C15H8ClN5O. The minimum atomic E-state index is 0.0972. The summed E-state index contributed by atoms with van der Waals surface area (Å²) in [6.45, 7) is 0.276. The molecule has 0 saturated heterocycles. The Morgan fingerprint density at radius 1 is 1.18 bits per heavy atom. The van der Waals surface area contributed by atoms with Crippen LogP contribution in [0, 0.1) is 22.7 Å². The lowest BCUT2D eigenvalue weighted by Crippen LogP contribution is -2.00. The van der Waals surface area contributed by atoms with Gasteiger partial charge in [0.15, 0.2) is 17.1 Å². The van der Waals surface area contributed by atoms with Crippen molar-refractivity contribution in [2.45, 2.75) is 6.54 Å². The fourth-order valence-corrected chi connectivity index (χ4v) is 2.14.